The number of para-hydroxylation sites is 1. The summed E-state index contributed by atoms with van der Waals surface area (Å²) in [7, 11) is 1.32. The van der Waals surface area contributed by atoms with Crippen LogP contribution in [0.4, 0.5) is 11.4 Å². The second-order valence-corrected chi connectivity index (χ2v) is 7.95. The van der Waals surface area contributed by atoms with Crippen molar-refractivity contribution in [1.29, 1.82) is 0 Å². The number of carbonyl (C=O) groups is 2. The molecule has 0 heterocycles. The van der Waals surface area contributed by atoms with Gasteiger partial charge in [0.1, 0.15) is 17.2 Å². The van der Waals surface area contributed by atoms with Crippen molar-refractivity contribution in [2.24, 2.45) is 0 Å². The number of esters is 1. The number of benzene rings is 3. The smallest absolute Gasteiger partial charge is 0.339 e. The third kappa shape index (κ3) is 5.34. The van der Waals surface area contributed by atoms with Crippen LogP contribution >= 0.6 is 0 Å². The highest BCUT2D eigenvalue weighted by atomic mass is 16.5. The van der Waals surface area contributed by atoms with Crippen molar-refractivity contribution >= 4 is 23.3 Å². The second-order valence-electron chi connectivity index (χ2n) is 7.95. The van der Waals surface area contributed by atoms with Crippen LogP contribution in [-0.2, 0) is 9.53 Å². The summed E-state index contributed by atoms with van der Waals surface area (Å²) in [6, 6.07) is 21.6. The number of amides is 1. The number of anilines is 2. The van der Waals surface area contributed by atoms with E-state index in [4.69, 9.17) is 14.2 Å². The van der Waals surface area contributed by atoms with Crippen LogP contribution < -0.4 is 14.4 Å². The minimum absolute atomic E-state index is 0.224. The monoisotopic (exact) mass is 445 g/mol. The molecule has 6 nitrogen and oxygen atoms in total. The van der Waals surface area contributed by atoms with E-state index in [9.17, 15) is 9.59 Å². The summed E-state index contributed by atoms with van der Waals surface area (Å²) in [5.74, 6) is 1.45. The average molecular weight is 446 g/mol. The molecular formula is C27H27NO5. The number of hydrogen-bond acceptors (Lipinski definition) is 5. The summed E-state index contributed by atoms with van der Waals surface area (Å²) in [6.07, 6.45) is 5.02. The Labute approximate surface area is 193 Å². The van der Waals surface area contributed by atoms with E-state index in [1.807, 2.05) is 24.3 Å². The van der Waals surface area contributed by atoms with Gasteiger partial charge in [0.15, 0.2) is 0 Å². The number of nitrogens with zero attached hydrogens (tertiary/aromatic N) is 1. The van der Waals surface area contributed by atoms with Crippen molar-refractivity contribution in [3.8, 4) is 17.2 Å². The number of hydrogen-bond donors (Lipinski definition) is 0. The maximum atomic E-state index is 12.5. The van der Waals surface area contributed by atoms with Crippen LogP contribution in [0.25, 0.3) is 0 Å². The number of methoxy groups -OCH3 is 1. The normalized spacial score (nSPS) is 13.4. The van der Waals surface area contributed by atoms with Gasteiger partial charge in [0.2, 0.25) is 5.91 Å². The molecule has 33 heavy (non-hydrogen) atoms. The van der Waals surface area contributed by atoms with Gasteiger partial charge in [0, 0.05) is 12.6 Å². The van der Waals surface area contributed by atoms with E-state index in [0.29, 0.717) is 34.5 Å². The van der Waals surface area contributed by atoms with Crippen molar-refractivity contribution in [1.82, 2.24) is 0 Å². The molecule has 3 aromatic carbocycles. The van der Waals surface area contributed by atoms with E-state index in [1.54, 1.807) is 48.5 Å². The molecule has 0 atom stereocenters. The lowest BCUT2D eigenvalue weighted by molar-refractivity contribution is -0.115. The van der Waals surface area contributed by atoms with Gasteiger partial charge in [-0.3, -0.25) is 9.69 Å². The Morgan fingerprint density at radius 3 is 2.00 bits per heavy atom. The number of rotatable bonds is 7. The fourth-order valence-corrected chi connectivity index (χ4v) is 4.03. The predicted octanol–water partition coefficient (Wildman–Crippen LogP) is 6.27. The molecule has 0 unspecified atom stereocenters. The molecule has 0 aromatic heterocycles. The maximum absolute atomic E-state index is 12.5. The minimum atomic E-state index is -0.503. The van der Waals surface area contributed by atoms with E-state index in [2.05, 4.69) is 0 Å². The molecule has 0 N–H and O–H groups in total. The topological polar surface area (TPSA) is 65.1 Å². The molecule has 170 valence electrons. The fraction of sp³-hybridized carbons (Fsp3) is 0.259. The van der Waals surface area contributed by atoms with E-state index >= 15 is 0 Å². The van der Waals surface area contributed by atoms with Crippen molar-refractivity contribution in [2.75, 3.05) is 12.0 Å². The van der Waals surface area contributed by atoms with Crippen LogP contribution in [0.3, 0.4) is 0 Å². The van der Waals surface area contributed by atoms with Crippen LogP contribution in [0.1, 0.15) is 43.0 Å². The third-order valence-electron chi connectivity index (χ3n) is 5.62. The van der Waals surface area contributed by atoms with Crippen molar-refractivity contribution < 1.29 is 23.8 Å². The Bertz CT molecular complexity index is 1100. The fourth-order valence-electron chi connectivity index (χ4n) is 4.03. The lowest BCUT2D eigenvalue weighted by atomic mass is 10.1. The Balaban J connectivity index is 1.49. The van der Waals surface area contributed by atoms with E-state index in [1.165, 1.54) is 31.8 Å². The summed E-state index contributed by atoms with van der Waals surface area (Å²) in [4.78, 5) is 26.1. The van der Waals surface area contributed by atoms with Gasteiger partial charge >= 0.3 is 5.97 Å². The van der Waals surface area contributed by atoms with Gasteiger partial charge < -0.3 is 14.2 Å². The van der Waals surface area contributed by atoms with Crippen LogP contribution in [0.5, 0.6) is 17.2 Å². The molecule has 1 fully saturated rings. The second kappa shape index (κ2) is 10.2. The quantitative estimate of drug-likeness (QED) is 0.401. The van der Waals surface area contributed by atoms with Gasteiger partial charge in [-0.2, -0.15) is 0 Å². The van der Waals surface area contributed by atoms with Crippen LogP contribution in [0.15, 0.2) is 72.8 Å². The summed E-state index contributed by atoms with van der Waals surface area (Å²) in [5, 5.41) is 0. The first-order chi connectivity index (χ1) is 16.0. The Morgan fingerprint density at radius 2 is 1.39 bits per heavy atom. The summed E-state index contributed by atoms with van der Waals surface area (Å²) < 4.78 is 16.8. The van der Waals surface area contributed by atoms with Crippen molar-refractivity contribution in [3.05, 3.63) is 78.4 Å². The molecule has 1 aliphatic carbocycles. The first-order valence-corrected chi connectivity index (χ1v) is 11.1. The molecular weight excluding hydrogens is 418 g/mol. The molecule has 0 radical (unpaired) electrons. The highest BCUT2D eigenvalue weighted by Gasteiger charge is 2.21. The van der Waals surface area contributed by atoms with Gasteiger partial charge in [-0.15, -0.1) is 0 Å². The minimum Gasteiger partial charge on any atom is -0.490 e. The van der Waals surface area contributed by atoms with E-state index in [0.717, 1.165) is 18.6 Å². The summed E-state index contributed by atoms with van der Waals surface area (Å²) in [5.41, 5.74) is 1.39. The molecule has 1 aliphatic rings. The molecule has 3 aromatic rings. The van der Waals surface area contributed by atoms with Crippen LogP contribution in [0, 0.1) is 0 Å². The molecule has 1 amide bonds. The van der Waals surface area contributed by atoms with Crippen LogP contribution in [-0.4, -0.2) is 25.1 Å². The average Bonchev–Trinajstić information content (AvgIpc) is 3.34. The van der Waals surface area contributed by atoms with Gasteiger partial charge in [0.25, 0.3) is 0 Å². The highest BCUT2D eigenvalue weighted by Crippen LogP contribution is 2.32. The standard InChI is InChI=1S/C27H27NO5/c1-19(29)28(26-10-6-5-9-25(26)27(30)31-2)20-11-13-22(14-12-20)33-24-17-15-23(16-18-24)32-21-7-3-4-8-21/h5-6,9-18,21H,3-4,7-8H2,1-2H3. The molecule has 0 aliphatic heterocycles. The molecule has 6 heteroatoms. The lowest BCUT2D eigenvalue weighted by Crippen LogP contribution is -2.25. The van der Waals surface area contributed by atoms with Gasteiger partial charge in [0.05, 0.1) is 24.5 Å². The SMILES string of the molecule is COC(=O)c1ccccc1N(C(C)=O)c1ccc(Oc2ccc(OC3CCCC3)cc2)cc1. The van der Waals surface area contributed by atoms with Gasteiger partial charge in [-0.1, -0.05) is 12.1 Å². The Hall–Kier alpha value is -3.80. The van der Waals surface area contributed by atoms with Crippen LogP contribution in [0.2, 0.25) is 0 Å². The first-order valence-electron chi connectivity index (χ1n) is 11.1. The maximum Gasteiger partial charge on any atom is 0.339 e. The van der Waals surface area contributed by atoms with Crippen molar-refractivity contribution in [2.45, 2.75) is 38.7 Å². The highest BCUT2D eigenvalue weighted by molar-refractivity contribution is 6.06. The lowest BCUT2D eigenvalue weighted by Gasteiger charge is -2.23. The Morgan fingerprint density at radius 1 is 0.818 bits per heavy atom. The van der Waals surface area contributed by atoms with E-state index in [-0.39, 0.29) is 5.91 Å². The largest absolute Gasteiger partial charge is 0.490 e. The van der Waals surface area contributed by atoms with E-state index < -0.39 is 5.97 Å². The summed E-state index contributed by atoms with van der Waals surface area (Å²) >= 11 is 0. The molecule has 0 saturated heterocycles. The number of carbonyl (C=O) groups excluding carboxylic acids is 2. The van der Waals surface area contributed by atoms with Gasteiger partial charge in [-0.25, -0.2) is 4.79 Å². The molecule has 4 rings (SSSR count). The third-order valence-corrected chi connectivity index (χ3v) is 5.62. The summed E-state index contributed by atoms with van der Waals surface area (Å²) in [6.45, 7) is 1.45. The molecule has 0 bridgehead atoms. The Kier molecular flexibility index (Phi) is 6.93. The molecule has 1 saturated carbocycles. The predicted molar refractivity (Wildman–Crippen MR) is 126 cm³/mol. The first kappa shape index (κ1) is 22.4. The van der Waals surface area contributed by atoms with Crippen molar-refractivity contribution in [3.63, 3.8) is 0 Å². The zero-order valence-electron chi connectivity index (χ0n) is 18.8. The zero-order valence-corrected chi connectivity index (χ0v) is 18.8. The molecule has 0 spiro atoms. The zero-order chi connectivity index (χ0) is 23.2. The van der Waals surface area contributed by atoms with Gasteiger partial charge in [-0.05, 0) is 86.3 Å². The number of ether oxygens (including phenoxy) is 3.